The molecule has 0 aromatic carbocycles. The summed E-state index contributed by atoms with van der Waals surface area (Å²) in [4.78, 5) is 2.21. The molecule has 0 aromatic heterocycles. The van der Waals surface area contributed by atoms with Crippen molar-refractivity contribution in [2.75, 3.05) is 39.3 Å². The van der Waals surface area contributed by atoms with E-state index in [0.29, 0.717) is 0 Å². The molecule has 1 unspecified atom stereocenters. The second-order valence-corrected chi connectivity index (χ2v) is 4.01. The zero-order valence-electron chi connectivity index (χ0n) is 9.54. The van der Waals surface area contributed by atoms with Gasteiger partial charge in [-0.25, -0.2) is 0 Å². The van der Waals surface area contributed by atoms with Crippen LogP contribution in [-0.2, 0) is 0 Å². The van der Waals surface area contributed by atoms with Gasteiger partial charge < -0.3 is 16.4 Å². The van der Waals surface area contributed by atoms with Gasteiger partial charge in [-0.2, -0.15) is 0 Å². The standard InChI is InChI=1S/C7H15N3.C4H9N/c1-2-4-10-5-3-9-6-7(10)8;1-2-4-5-3-1/h2,7,9H,1,3-6,8H2;5H,1-4H2. The molecule has 0 saturated carbocycles. The fraction of sp³-hybridized carbons (Fsp3) is 0.818. The van der Waals surface area contributed by atoms with Crippen LogP contribution in [0, 0.1) is 0 Å². The van der Waals surface area contributed by atoms with Crippen molar-refractivity contribution in [3.05, 3.63) is 12.7 Å². The van der Waals surface area contributed by atoms with Gasteiger partial charge in [-0.05, 0) is 25.9 Å². The second kappa shape index (κ2) is 7.82. The van der Waals surface area contributed by atoms with Crippen LogP contribution in [0.15, 0.2) is 12.7 Å². The van der Waals surface area contributed by atoms with Crippen LogP contribution in [0.4, 0.5) is 0 Å². The summed E-state index contributed by atoms with van der Waals surface area (Å²) in [6.07, 6.45) is 4.84. The van der Waals surface area contributed by atoms with Crippen LogP contribution in [0.2, 0.25) is 0 Å². The van der Waals surface area contributed by atoms with Crippen molar-refractivity contribution in [1.82, 2.24) is 15.5 Å². The molecule has 0 aliphatic carbocycles. The fourth-order valence-corrected chi connectivity index (χ4v) is 1.79. The first-order chi connectivity index (χ1) is 7.34. The Balaban J connectivity index is 0.000000187. The van der Waals surface area contributed by atoms with Crippen molar-refractivity contribution in [2.45, 2.75) is 19.0 Å². The summed E-state index contributed by atoms with van der Waals surface area (Å²) >= 11 is 0. The van der Waals surface area contributed by atoms with E-state index in [9.17, 15) is 0 Å². The van der Waals surface area contributed by atoms with Crippen molar-refractivity contribution < 1.29 is 0 Å². The molecule has 2 aliphatic heterocycles. The summed E-state index contributed by atoms with van der Waals surface area (Å²) in [5, 5.41) is 6.44. The summed E-state index contributed by atoms with van der Waals surface area (Å²) in [5.74, 6) is 0. The minimum absolute atomic E-state index is 0.173. The lowest BCUT2D eigenvalue weighted by Gasteiger charge is -2.32. The number of piperazine rings is 1. The van der Waals surface area contributed by atoms with E-state index < -0.39 is 0 Å². The molecule has 1 atom stereocenters. The highest BCUT2D eigenvalue weighted by Crippen LogP contribution is 1.95. The van der Waals surface area contributed by atoms with Gasteiger partial charge in [0.2, 0.25) is 0 Å². The van der Waals surface area contributed by atoms with E-state index in [0.717, 1.165) is 26.2 Å². The molecule has 2 fully saturated rings. The minimum Gasteiger partial charge on any atom is -0.317 e. The average molecular weight is 212 g/mol. The molecule has 0 bridgehead atoms. The van der Waals surface area contributed by atoms with Gasteiger partial charge in [-0.1, -0.05) is 6.08 Å². The van der Waals surface area contributed by atoms with Crippen LogP contribution < -0.4 is 16.4 Å². The van der Waals surface area contributed by atoms with E-state index >= 15 is 0 Å². The van der Waals surface area contributed by atoms with Crippen molar-refractivity contribution in [3.8, 4) is 0 Å². The van der Waals surface area contributed by atoms with Crippen molar-refractivity contribution >= 4 is 0 Å². The highest BCUT2D eigenvalue weighted by molar-refractivity contribution is 4.81. The molecule has 88 valence electrons. The van der Waals surface area contributed by atoms with E-state index in [1.165, 1.54) is 25.9 Å². The topological polar surface area (TPSA) is 53.3 Å². The molecular weight excluding hydrogens is 188 g/mol. The Morgan fingerprint density at radius 3 is 2.47 bits per heavy atom. The molecule has 15 heavy (non-hydrogen) atoms. The van der Waals surface area contributed by atoms with E-state index in [-0.39, 0.29) is 6.17 Å². The number of nitrogens with two attached hydrogens (primary N) is 1. The predicted octanol–water partition coefficient (Wildman–Crippen LogP) is -0.268. The quantitative estimate of drug-likeness (QED) is 0.552. The van der Waals surface area contributed by atoms with Gasteiger partial charge in [0.15, 0.2) is 0 Å². The van der Waals surface area contributed by atoms with E-state index in [4.69, 9.17) is 5.73 Å². The van der Waals surface area contributed by atoms with Gasteiger partial charge in [0, 0.05) is 26.2 Å². The monoisotopic (exact) mass is 212 g/mol. The van der Waals surface area contributed by atoms with E-state index in [1.54, 1.807) is 0 Å². The molecule has 2 aliphatic rings. The molecule has 2 saturated heterocycles. The highest BCUT2D eigenvalue weighted by atomic mass is 15.3. The Kier molecular flexibility index (Phi) is 6.59. The number of nitrogens with zero attached hydrogens (tertiary/aromatic N) is 1. The Morgan fingerprint density at radius 2 is 2.00 bits per heavy atom. The van der Waals surface area contributed by atoms with Crippen molar-refractivity contribution in [3.63, 3.8) is 0 Å². The Bertz CT molecular complexity index is 160. The number of rotatable bonds is 2. The third-order valence-electron chi connectivity index (χ3n) is 2.72. The Morgan fingerprint density at radius 1 is 1.27 bits per heavy atom. The predicted molar refractivity (Wildman–Crippen MR) is 64.7 cm³/mol. The molecule has 0 aromatic rings. The van der Waals surface area contributed by atoms with Gasteiger partial charge in [0.25, 0.3) is 0 Å². The Hall–Kier alpha value is -0.420. The first-order valence-electron chi connectivity index (χ1n) is 5.86. The van der Waals surface area contributed by atoms with Gasteiger partial charge in [-0.3, -0.25) is 4.90 Å². The van der Waals surface area contributed by atoms with Gasteiger partial charge in [0.1, 0.15) is 0 Å². The third kappa shape index (κ3) is 5.28. The third-order valence-corrected chi connectivity index (χ3v) is 2.72. The first-order valence-corrected chi connectivity index (χ1v) is 5.86. The van der Waals surface area contributed by atoms with Crippen LogP contribution in [0.1, 0.15) is 12.8 Å². The maximum atomic E-state index is 5.78. The average Bonchev–Trinajstić information content (AvgIpc) is 2.80. The van der Waals surface area contributed by atoms with Gasteiger partial charge in [-0.15, -0.1) is 6.58 Å². The molecule has 0 amide bonds. The Labute approximate surface area is 92.9 Å². The fourth-order valence-electron chi connectivity index (χ4n) is 1.79. The van der Waals surface area contributed by atoms with Gasteiger partial charge in [0.05, 0.1) is 6.17 Å². The van der Waals surface area contributed by atoms with Crippen LogP contribution in [0.3, 0.4) is 0 Å². The maximum Gasteiger partial charge on any atom is 0.0703 e. The molecule has 0 spiro atoms. The summed E-state index contributed by atoms with van der Waals surface area (Å²) in [7, 11) is 0. The molecule has 0 radical (unpaired) electrons. The van der Waals surface area contributed by atoms with Crippen LogP contribution in [-0.4, -0.2) is 50.3 Å². The smallest absolute Gasteiger partial charge is 0.0703 e. The normalized spacial score (nSPS) is 26.9. The molecule has 4 nitrogen and oxygen atoms in total. The summed E-state index contributed by atoms with van der Waals surface area (Å²) in [6.45, 7) is 10.1. The lowest BCUT2D eigenvalue weighted by molar-refractivity contribution is 0.183. The summed E-state index contributed by atoms with van der Waals surface area (Å²) in [5.41, 5.74) is 5.78. The first kappa shape index (κ1) is 12.6. The number of hydrogen-bond acceptors (Lipinski definition) is 4. The van der Waals surface area contributed by atoms with Crippen LogP contribution in [0.5, 0.6) is 0 Å². The van der Waals surface area contributed by atoms with E-state index in [2.05, 4.69) is 22.1 Å². The van der Waals surface area contributed by atoms with E-state index in [1.807, 2.05) is 6.08 Å². The number of hydrogen-bond donors (Lipinski definition) is 3. The van der Waals surface area contributed by atoms with Crippen molar-refractivity contribution in [1.29, 1.82) is 0 Å². The zero-order chi connectivity index (χ0) is 10.9. The zero-order valence-corrected chi connectivity index (χ0v) is 9.54. The maximum absolute atomic E-state index is 5.78. The van der Waals surface area contributed by atoms with Gasteiger partial charge >= 0.3 is 0 Å². The highest BCUT2D eigenvalue weighted by Gasteiger charge is 2.15. The molecule has 4 N–H and O–H groups in total. The largest absolute Gasteiger partial charge is 0.317 e. The summed E-state index contributed by atoms with van der Waals surface area (Å²) < 4.78 is 0. The second-order valence-electron chi connectivity index (χ2n) is 4.01. The van der Waals surface area contributed by atoms with Crippen LogP contribution in [0.25, 0.3) is 0 Å². The SMILES string of the molecule is C1CCNC1.C=CCN1CCNCC1N. The minimum atomic E-state index is 0.173. The van der Waals surface area contributed by atoms with Crippen LogP contribution >= 0.6 is 0 Å². The summed E-state index contributed by atoms with van der Waals surface area (Å²) in [6, 6.07) is 0. The lowest BCUT2D eigenvalue weighted by atomic mass is 10.3. The number of nitrogens with one attached hydrogen (secondary N) is 2. The molecular formula is C11H24N4. The molecule has 4 heteroatoms. The molecule has 2 rings (SSSR count). The molecule has 2 heterocycles. The van der Waals surface area contributed by atoms with Crippen molar-refractivity contribution in [2.24, 2.45) is 5.73 Å². The lowest BCUT2D eigenvalue weighted by Crippen LogP contribution is -2.55.